The van der Waals surface area contributed by atoms with E-state index >= 15 is 0 Å². The van der Waals surface area contributed by atoms with Crippen molar-refractivity contribution in [3.05, 3.63) is 0 Å². The zero-order chi connectivity index (χ0) is 15.3. The molecule has 0 aromatic carbocycles. The van der Waals surface area contributed by atoms with Crippen LogP contribution >= 0.6 is 0 Å². The fourth-order valence-electron chi connectivity index (χ4n) is 4.22. The van der Waals surface area contributed by atoms with E-state index in [0.29, 0.717) is 13.0 Å². The van der Waals surface area contributed by atoms with Gasteiger partial charge >= 0.3 is 0 Å². The Morgan fingerprint density at radius 1 is 1.38 bits per heavy atom. The summed E-state index contributed by atoms with van der Waals surface area (Å²) in [5.41, 5.74) is 5.16. The highest BCUT2D eigenvalue weighted by Crippen LogP contribution is 2.57. The molecule has 1 saturated carbocycles. The van der Waals surface area contributed by atoms with Crippen LogP contribution in [0.3, 0.4) is 0 Å². The molecule has 4 atom stereocenters. The highest BCUT2D eigenvalue weighted by molar-refractivity contribution is 5.94. The molecular formula is C15H25N3O3. The predicted molar refractivity (Wildman–Crippen MR) is 77.3 cm³/mol. The zero-order valence-corrected chi connectivity index (χ0v) is 12.8. The first kappa shape index (κ1) is 14.8. The van der Waals surface area contributed by atoms with Gasteiger partial charge in [0.25, 0.3) is 0 Å². The standard InChI is InChI=1S/C15H25N3O3/c1-14(2)11-9(5-4-8-21-11)15(14,16)13(20)18-10-6-3-7-17-12(10)19/h9-11H,3-8,16H2,1-2H3,(H,17,19)(H,18,20). The van der Waals surface area contributed by atoms with Gasteiger partial charge < -0.3 is 21.1 Å². The van der Waals surface area contributed by atoms with E-state index in [-0.39, 0.29) is 23.8 Å². The Morgan fingerprint density at radius 2 is 2.14 bits per heavy atom. The number of piperidine rings is 1. The molecular weight excluding hydrogens is 270 g/mol. The van der Waals surface area contributed by atoms with Crippen molar-refractivity contribution in [2.45, 2.75) is 57.2 Å². The zero-order valence-electron chi connectivity index (χ0n) is 12.8. The van der Waals surface area contributed by atoms with Crippen molar-refractivity contribution in [2.24, 2.45) is 17.1 Å². The molecule has 0 radical (unpaired) electrons. The van der Waals surface area contributed by atoms with Crippen LogP contribution in [0.25, 0.3) is 0 Å². The van der Waals surface area contributed by atoms with Crippen LogP contribution in [0.2, 0.25) is 0 Å². The molecule has 0 aromatic rings. The predicted octanol–water partition coefficient (Wildman–Crippen LogP) is -0.0863. The molecule has 2 heterocycles. The molecule has 118 valence electrons. The van der Waals surface area contributed by atoms with Crippen molar-refractivity contribution in [2.75, 3.05) is 13.2 Å². The highest BCUT2D eigenvalue weighted by atomic mass is 16.5. The second-order valence-corrected chi connectivity index (χ2v) is 7.09. The first-order chi connectivity index (χ1) is 9.89. The summed E-state index contributed by atoms with van der Waals surface area (Å²) >= 11 is 0. The van der Waals surface area contributed by atoms with Gasteiger partial charge in [-0.3, -0.25) is 9.59 Å². The van der Waals surface area contributed by atoms with Gasteiger partial charge in [0.2, 0.25) is 11.8 Å². The van der Waals surface area contributed by atoms with Gasteiger partial charge in [-0.1, -0.05) is 13.8 Å². The number of rotatable bonds is 2. The minimum Gasteiger partial charge on any atom is -0.377 e. The second-order valence-electron chi connectivity index (χ2n) is 7.09. The third-order valence-electron chi connectivity index (χ3n) is 5.65. The van der Waals surface area contributed by atoms with Crippen molar-refractivity contribution >= 4 is 11.8 Å². The van der Waals surface area contributed by atoms with Gasteiger partial charge in [-0.05, 0) is 25.7 Å². The molecule has 2 amide bonds. The number of hydrogen-bond donors (Lipinski definition) is 3. The monoisotopic (exact) mass is 295 g/mol. The molecule has 21 heavy (non-hydrogen) atoms. The number of carbonyl (C=O) groups excluding carboxylic acids is 2. The average Bonchev–Trinajstić information content (AvgIpc) is 2.48. The summed E-state index contributed by atoms with van der Waals surface area (Å²) in [6.07, 6.45) is 3.45. The van der Waals surface area contributed by atoms with Crippen LogP contribution in [0.1, 0.15) is 39.5 Å². The number of ether oxygens (including phenoxy) is 1. The molecule has 2 saturated heterocycles. The van der Waals surface area contributed by atoms with E-state index in [9.17, 15) is 9.59 Å². The smallest absolute Gasteiger partial charge is 0.242 e. The lowest BCUT2D eigenvalue weighted by molar-refractivity contribution is -0.225. The van der Waals surface area contributed by atoms with Crippen LogP contribution in [0.4, 0.5) is 0 Å². The maximum atomic E-state index is 12.8. The lowest BCUT2D eigenvalue weighted by Gasteiger charge is -2.65. The number of amides is 2. The van der Waals surface area contributed by atoms with Gasteiger partial charge in [-0.2, -0.15) is 0 Å². The Bertz CT molecular complexity index is 465. The van der Waals surface area contributed by atoms with Crippen molar-refractivity contribution < 1.29 is 14.3 Å². The third kappa shape index (κ3) is 1.99. The minimum absolute atomic E-state index is 0.0437. The van der Waals surface area contributed by atoms with Crippen LogP contribution in [-0.4, -0.2) is 42.7 Å². The summed E-state index contributed by atoms with van der Waals surface area (Å²) in [7, 11) is 0. The van der Waals surface area contributed by atoms with Gasteiger partial charge in [-0.25, -0.2) is 0 Å². The van der Waals surface area contributed by atoms with Crippen LogP contribution in [-0.2, 0) is 14.3 Å². The van der Waals surface area contributed by atoms with E-state index in [2.05, 4.69) is 10.6 Å². The Labute approximate surface area is 125 Å². The number of nitrogens with two attached hydrogens (primary N) is 1. The molecule has 0 aromatic heterocycles. The second kappa shape index (κ2) is 4.95. The largest absolute Gasteiger partial charge is 0.377 e. The molecule has 6 heteroatoms. The van der Waals surface area contributed by atoms with Crippen molar-refractivity contribution in [3.63, 3.8) is 0 Å². The van der Waals surface area contributed by atoms with Gasteiger partial charge in [0, 0.05) is 24.5 Å². The maximum Gasteiger partial charge on any atom is 0.242 e. The van der Waals surface area contributed by atoms with E-state index in [4.69, 9.17) is 10.5 Å². The summed E-state index contributed by atoms with van der Waals surface area (Å²) in [6.45, 7) is 5.40. The quantitative estimate of drug-likeness (QED) is 0.664. The SMILES string of the molecule is CC1(C)C2OCCCC2C1(N)C(=O)NC1CCCNC1=O. The minimum atomic E-state index is -0.949. The molecule has 0 spiro atoms. The fraction of sp³-hybridized carbons (Fsp3) is 0.867. The molecule has 6 nitrogen and oxygen atoms in total. The molecule has 3 fully saturated rings. The van der Waals surface area contributed by atoms with Crippen LogP contribution in [0, 0.1) is 11.3 Å². The summed E-state index contributed by atoms with van der Waals surface area (Å²) in [6, 6.07) is -0.453. The maximum absolute atomic E-state index is 12.8. The highest BCUT2D eigenvalue weighted by Gasteiger charge is 2.70. The Hall–Kier alpha value is -1.14. The van der Waals surface area contributed by atoms with Crippen LogP contribution < -0.4 is 16.4 Å². The summed E-state index contributed by atoms with van der Waals surface area (Å²) in [5, 5.41) is 5.65. The van der Waals surface area contributed by atoms with Crippen molar-refractivity contribution in [3.8, 4) is 0 Å². The van der Waals surface area contributed by atoms with Gasteiger partial charge in [0.15, 0.2) is 0 Å². The van der Waals surface area contributed by atoms with E-state index in [1.165, 1.54) is 0 Å². The van der Waals surface area contributed by atoms with E-state index in [1.807, 2.05) is 13.8 Å². The number of carbonyl (C=O) groups is 2. The Balaban J connectivity index is 1.75. The number of hydrogen-bond acceptors (Lipinski definition) is 4. The number of fused-ring (bicyclic) bond motifs is 1. The lowest BCUT2D eigenvalue weighted by Crippen LogP contribution is -2.83. The van der Waals surface area contributed by atoms with Gasteiger partial charge in [0.05, 0.1) is 6.10 Å². The Kier molecular flexibility index (Phi) is 3.48. The van der Waals surface area contributed by atoms with E-state index < -0.39 is 17.0 Å². The topological polar surface area (TPSA) is 93.4 Å². The molecule has 1 aliphatic carbocycles. The molecule has 2 aliphatic heterocycles. The first-order valence-corrected chi connectivity index (χ1v) is 7.88. The van der Waals surface area contributed by atoms with E-state index in [1.54, 1.807) is 0 Å². The average molecular weight is 295 g/mol. The molecule has 0 bridgehead atoms. The van der Waals surface area contributed by atoms with Crippen molar-refractivity contribution in [1.29, 1.82) is 0 Å². The van der Waals surface area contributed by atoms with E-state index in [0.717, 1.165) is 25.9 Å². The molecule has 4 N–H and O–H groups in total. The summed E-state index contributed by atoms with van der Waals surface area (Å²) in [5.74, 6) is -0.263. The normalized spacial score (nSPS) is 41.5. The number of nitrogens with one attached hydrogen (secondary N) is 2. The lowest BCUT2D eigenvalue weighted by atomic mass is 9.46. The summed E-state index contributed by atoms with van der Waals surface area (Å²) < 4.78 is 5.81. The Morgan fingerprint density at radius 3 is 2.86 bits per heavy atom. The third-order valence-corrected chi connectivity index (χ3v) is 5.65. The first-order valence-electron chi connectivity index (χ1n) is 7.88. The molecule has 3 rings (SSSR count). The summed E-state index contributed by atoms with van der Waals surface area (Å²) in [4.78, 5) is 24.6. The van der Waals surface area contributed by atoms with Crippen LogP contribution in [0.15, 0.2) is 0 Å². The fourth-order valence-corrected chi connectivity index (χ4v) is 4.22. The molecule has 3 aliphatic rings. The molecule has 4 unspecified atom stereocenters. The van der Waals surface area contributed by atoms with Gasteiger partial charge in [-0.15, -0.1) is 0 Å². The van der Waals surface area contributed by atoms with Gasteiger partial charge in [0.1, 0.15) is 11.6 Å². The van der Waals surface area contributed by atoms with Crippen LogP contribution in [0.5, 0.6) is 0 Å². The van der Waals surface area contributed by atoms with Crippen molar-refractivity contribution in [1.82, 2.24) is 10.6 Å².